The van der Waals surface area contributed by atoms with E-state index >= 15 is 0 Å². The largest absolute Gasteiger partial charge is 0.464 e. The number of aliphatic hydroxyl groups is 1. The zero-order valence-electron chi connectivity index (χ0n) is 12.1. The topological polar surface area (TPSA) is 66.8 Å². The van der Waals surface area contributed by atoms with Gasteiger partial charge >= 0.3 is 5.97 Å². The highest BCUT2D eigenvalue weighted by molar-refractivity contribution is 5.78. The molecule has 0 bridgehead atoms. The third-order valence-corrected chi connectivity index (χ3v) is 4.49. The molecule has 0 radical (unpaired) electrons. The molecule has 1 saturated heterocycles. The van der Waals surface area contributed by atoms with Gasteiger partial charge in [-0.15, -0.1) is 0 Å². The fraction of sp³-hybridized carbons (Fsp3) is 0.867. The van der Waals surface area contributed by atoms with Crippen LogP contribution in [0.15, 0.2) is 0 Å². The van der Waals surface area contributed by atoms with Crippen molar-refractivity contribution in [2.24, 2.45) is 5.92 Å². The molecule has 1 atom stereocenters. The van der Waals surface area contributed by atoms with Crippen LogP contribution in [0.3, 0.4) is 0 Å². The molecule has 1 aliphatic heterocycles. The zero-order chi connectivity index (χ0) is 14.4. The molecule has 1 saturated carbocycles. The third kappa shape index (κ3) is 4.20. The Kier molecular flexibility index (Phi) is 5.83. The summed E-state index contributed by atoms with van der Waals surface area (Å²) in [4.78, 5) is 24.9. The first-order valence-electron chi connectivity index (χ1n) is 7.76. The summed E-state index contributed by atoms with van der Waals surface area (Å²) >= 11 is 0. The number of amides is 1. The first kappa shape index (κ1) is 15.3. The predicted molar refractivity (Wildman–Crippen MR) is 74.0 cm³/mol. The van der Waals surface area contributed by atoms with E-state index < -0.39 is 0 Å². The molecule has 1 heterocycles. The van der Waals surface area contributed by atoms with Crippen LogP contribution < -0.4 is 0 Å². The summed E-state index contributed by atoms with van der Waals surface area (Å²) in [6.45, 7) is 0.631. The van der Waals surface area contributed by atoms with Gasteiger partial charge in [-0.05, 0) is 18.8 Å². The van der Waals surface area contributed by atoms with Gasteiger partial charge < -0.3 is 14.7 Å². The second-order valence-electron chi connectivity index (χ2n) is 5.87. The lowest BCUT2D eigenvalue weighted by Gasteiger charge is -2.22. The maximum Gasteiger partial charge on any atom is 0.305 e. The van der Waals surface area contributed by atoms with Crippen molar-refractivity contribution < 1.29 is 19.4 Å². The molecule has 2 fully saturated rings. The second-order valence-corrected chi connectivity index (χ2v) is 5.87. The third-order valence-electron chi connectivity index (χ3n) is 4.49. The van der Waals surface area contributed by atoms with Crippen LogP contribution in [0.2, 0.25) is 0 Å². The Hall–Kier alpha value is -1.10. The number of carbonyl (C=O) groups is 2. The highest BCUT2D eigenvalue weighted by atomic mass is 16.5. The van der Waals surface area contributed by atoms with Crippen molar-refractivity contribution in [2.45, 2.75) is 57.4 Å². The van der Waals surface area contributed by atoms with Crippen LogP contribution >= 0.6 is 0 Å². The molecule has 1 unspecified atom stereocenters. The molecule has 114 valence electrons. The Balaban J connectivity index is 1.59. The van der Waals surface area contributed by atoms with E-state index in [1.54, 1.807) is 4.90 Å². The highest BCUT2D eigenvalue weighted by Gasteiger charge is 2.30. The van der Waals surface area contributed by atoms with E-state index in [1.807, 2.05) is 0 Å². The second kappa shape index (κ2) is 7.62. The van der Waals surface area contributed by atoms with Gasteiger partial charge in [0.05, 0.1) is 19.2 Å². The molecule has 1 amide bonds. The molecular weight excluding hydrogens is 258 g/mol. The lowest BCUT2D eigenvalue weighted by atomic mass is 10.0. The smallest absolute Gasteiger partial charge is 0.305 e. The van der Waals surface area contributed by atoms with Crippen molar-refractivity contribution >= 4 is 11.9 Å². The summed E-state index contributed by atoms with van der Waals surface area (Å²) in [6.07, 6.45) is 7.68. The predicted octanol–water partition coefficient (Wildman–Crippen LogP) is 1.48. The number of hydrogen-bond donors (Lipinski definition) is 1. The Morgan fingerprint density at radius 3 is 2.75 bits per heavy atom. The van der Waals surface area contributed by atoms with E-state index in [0.29, 0.717) is 31.7 Å². The van der Waals surface area contributed by atoms with Crippen LogP contribution in [0.4, 0.5) is 0 Å². The van der Waals surface area contributed by atoms with Gasteiger partial charge in [-0.3, -0.25) is 9.59 Å². The van der Waals surface area contributed by atoms with E-state index in [9.17, 15) is 9.59 Å². The molecule has 2 aliphatic rings. The normalized spacial score (nSPS) is 23.6. The SMILES string of the molecule is O=C(CCC1CCCC1)OCCN1C(=O)CCC1CO. The van der Waals surface area contributed by atoms with Gasteiger partial charge in [0.25, 0.3) is 0 Å². The molecule has 2 rings (SSSR count). The minimum atomic E-state index is -0.163. The minimum Gasteiger partial charge on any atom is -0.464 e. The number of hydrogen-bond acceptors (Lipinski definition) is 4. The van der Waals surface area contributed by atoms with Gasteiger partial charge in [-0.1, -0.05) is 25.7 Å². The molecule has 0 aromatic rings. The van der Waals surface area contributed by atoms with Gasteiger partial charge in [0.15, 0.2) is 0 Å². The van der Waals surface area contributed by atoms with Gasteiger partial charge in [0, 0.05) is 12.8 Å². The minimum absolute atomic E-state index is 0.0125. The zero-order valence-corrected chi connectivity index (χ0v) is 12.1. The maximum atomic E-state index is 11.6. The Morgan fingerprint density at radius 1 is 1.30 bits per heavy atom. The molecule has 0 spiro atoms. The van der Waals surface area contributed by atoms with Gasteiger partial charge in [0.2, 0.25) is 5.91 Å². The average Bonchev–Trinajstić information content (AvgIpc) is 3.07. The molecule has 1 N–H and O–H groups in total. The van der Waals surface area contributed by atoms with Crippen LogP contribution in [0.25, 0.3) is 0 Å². The van der Waals surface area contributed by atoms with Gasteiger partial charge in [0.1, 0.15) is 6.61 Å². The summed E-state index contributed by atoms with van der Waals surface area (Å²) in [6, 6.07) is -0.0975. The summed E-state index contributed by atoms with van der Waals surface area (Å²) < 4.78 is 5.19. The van der Waals surface area contributed by atoms with E-state index in [0.717, 1.165) is 6.42 Å². The average molecular weight is 283 g/mol. The van der Waals surface area contributed by atoms with Crippen molar-refractivity contribution in [2.75, 3.05) is 19.8 Å². The lowest BCUT2D eigenvalue weighted by molar-refractivity contribution is -0.146. The van der Waals surface area contributed by atoms with Crippen molar-refractivity contribution in [3.05, 3.63) is 0 Å². The van der Waals surface area contributed by atoms with E-state index in [-0.39, 0.29) is 31.1 Å². The van der Waals surface area contributed by atoms with Crippen LogP contribution in [-0.2, 0) is 14.3 Å². The summed E-state index contributed by atoms with van der Waals surface area (Å²) in [5.74, 6) is 0.580. The number of rotatable bonds is 7. The number of nitrogens with zero attached hydrogens (tertiary/aromatic N) is 1. The van der Waals surface area contributed by atoms with Gasteiger partial charge in [-0.2, -0.15) is 0 Å². The standard InChI is InChI=1S/C15H25NO4/c17-11-13-6-7-14(18)16(13)9-10-20-15(19)8-5-12-3-1-2-4-12/h12-13,17H,1-11H2. The molecule has 0 aromatic heterocycles. The molecule has 1 aliphatic carbocycles. The summed E-state index contributed by atoms with van der Waals surface area (Å²) in [7, 11) is 0. The number of aliphatic hydroxyl groups excluding tert-OH is 1. The molecule has 20 heavy (non-hydrogen) atoms. The van der Waals surface area contributed by atoms with Crippen LogP contribution in [0, 0.1) is 5.92 Å². The first-order valence-corrected chi connectivity index (χ1v) is 7.76. The number of esters is 1. The van der Waals surface area contributed by atoms with Crippen molar-refractivity contribution in [3.63, 3.8) is 0 Å². The number of ether oxygens (including phenoxy) is 1. The Morgan fingerprint density at radius 2 is 2.05 bits per heavy atom. The van der Waals surface area contributed by atoms with Crippen LogP contribution in [0.1, 0.15) is 51.4 Å². The molecule has 0 aromatic carbocycles. The summed E-state index contributed by atoms with van der Waals surface area (Å²) in [5.41, 5.74) is 0. The summed E-state index contributed by atoms with van der Waals surface area (Å²) in [5, 5.41) is 9.17. The molecule has 5 nitrogen and oxygen atoms in total. The van der Waals surface area contributed by atoms with Crippen LogP contribution in [0.5, 0.6) is 0 Å². The Bertz CT molecular complexity index is 339. The quantitative estimate of drug-likeness (QED) is 0.719. The van der Waals surface area contributed by atoms with Gasteiger partial charge in [-0.25, -0.2) is 0 Å². The molecular formula is C15H25NO4. The first-order chi connectivity index (χ1) is 9.70. The van der Waals surface area contributed by atoms with Crippen molar-refractivity contribution in [3.8, 4) is 0 Å². The van der Waals surface area contributed by atoms with E-state index in [2.05, 4.69) is 0 Å². The van der Waals surface area contributed by atoms with E-state index in [4.69, 9.17) is 9.84 Å². The van der Waals surface area contributed by atoms with Crippen LogP contribution in [-0.4, -0.2) is 47.7 Å². The fourth-order valence-corrected chi connectivity index (χ4v) is 3.24. The number of likely N-dealkylation sites (tertiary alicyclic amines) is 1. The number of carbonyl (C=O) groups excluding carboxylic acids is 2. The van der Waals surface area contributed by atoms with Crippen molar-refractivity contribution in [1.82, 2.24) is 4.90 Å². The monoisotopic (exact) mass is 283 g/mol. The van der Waals surface area contributed by atoms with Crippen molar-refractivity contribution in [1.29, 1.82) is 0 Å². The lowest BCUT2D eigenvalue weighted by Crippen LogP contribution is -2.38. The maximum absolute atomic E-state index is 11.6. The fourth-order valence-electron chi connectivity index (χ4n) is 3.24. The highest BCUT2D eigenvalue weighted by Crippen LogP contribution is 2.28. The van der Waals surface area contributed by atoms with E-state index in [1.165, 1.54) is 25.7 Å². The molecule has 5 heteroatoms. The Labute approximate surface area is 120 Å².